The van der Waals surface area contributed by atoms with Gasteiger partial charge in [-0.1, -0.05) is 71.7 Å². The lowest BCUT2D eigenvalue weighted by Gasteiger charge is -2.44. The summed E-state index contributed by atoms with van der Waals surface area (Å²) in [7, 11) is 1.69. The monoisotopic (exact) mass is 517 g/mol. The third-order valence-electron chi connectivity index (χ3n) is 6.93. The van der Waals surface area contributed by atoms with E-state index in [1.165, 1.54) is 0 Å². The molecule has 1 saturated carbocycles. The molecule has 1 atom stereocenters. The predicted molar refractivity (Wildman–Crippen MR) is 143 cm³/mol. The number of carbonyl (C=O) groups excluding carboxylic acids is 2. The molecule has 182 valence electrons. The molecule has 0 spiro atoms. The van der Waals surface area contributed by atoms with Gasteiger partial charge in [0.05, 0.1) is 11.3 Å². The highest BCUT2D eigenvalue weighted by Gasteiger charge is 2.48. The molecule has 1 unspecified atom stereocenters. The number of carbonyl (C=O) groups is 2. The van der Waals surface area contributed by atoms with Crippen LogP contribution >= 0.6 is 23.2 Å². The van der Waals surface area contributed by atoms with E-state index in [1.807, 2.05) is 60.7 Å². The van der Waals surface area contributed by atoms with Gasteiger partial charge in [0.1, 0.15) is 11.2 Å². The van der Waals surface area contributed by atoms with Crippen LogP contribution in [0.5, 0.6) is 0 Å². The quantitative estimate of drug-likeness (QED) is 0.287. The van der Waals surface area contributed by atoms with E-state index in [1.54, 1.807) is 41.0 Å². The number of rotatable bonds is 5. The largest absolute Gasteiger partial charge is 0.325 e. The number of nitrogens with zero attached hydrogens (tertiary/aromatic N) is 3. The third kappa shape index (κ3) is 4.23. The lowest BCUT2D eigenvalue weighted by atomic mass is 9.74. The smallest absolute Gasteiger partial charge is 0.258 e. The Bertz CT molecular complexity index is 1420. The summed E-state index contributed by atoms with van der Waals surface area (Å²) in [5, 5.41) is 5.85. The Balaban J connectivity index is 1.65. The van der Waals surface area contributed by atoms with Crippen LogP contribution in [-0.4, -0.2) is 33.4 Å². The summed E-state index contributed by atoms with van der Waals surface area (Å²) in [6.07, 6.45) is 4.26. The molecule has 3 aromatic carbocycles. The molecule has 7 heteroatoms. The molecule has 0 aliphatic heterocycles. The first-order chi connectivity index (χ1) is 17.4. The van der Waals surface area contributed by atoms with Gasteiger partial charge in [-0.25, -0.2) is 4.68 Å². The number of para-hydroxylation sites is 1. The van der Waals surface area contributed by atoms with E-state index in [0.29, 0.717) is 39.7 Å². The first-order valence-corrected chi connectivity index (χ1v) is 12.6. The van der Waals surface area contributed by atoms with Crippen LogP contribution < -0.4 is 0 Å². The number of benzene rings is 3. The van der Waals surface area contributed by atoms with Gasteiger partial charge >= 0.3 is 0 Å². The Hall–Kier alpha value is -3.41. The molecule has 1 aromatic heterocycles. The van der Waals surface area contributed by atoms with Gasteiger partial charge in [-0.3, -0.25) is 9.59 Å². The number of ketones is 1. The van der Waals surface area contributed by atoms with E-state index in [9.17, 15) is 9.59 Å². The van der Waals surface area contributed by atoms with Crippen LogP contribution in [-0.2, 0) is 10.3 Å². The number of likely N-dealkylation sites (N-methyl/N-ethyl adjacent to an activating group) is 1. The summed E-state index contributed by atoms with van der Waals surface area (Å²) in [6.45, 7) is 0. The maximum absolute atomic E-state index is 14.2. The number of hydrogen-bond donors (Lipinski definition) is 0. The normalized spacial score (nSPS) is 17.7. The van der Waals surface area contributed by atoms with Crippen LogP contribution in [0, 0.1) is 0 Å². The molecule has 1 amide bonds. The standard InChI is InChI=1S/C29H25Cl2N3O2/c1-33(29(18-8-7-13-26(29)35)24-11-5-6-12-25(24)31)28(36)23-19-34(22-9-3-2-4-10-22)32-27(23)20-14-16-21(30)17-15-20/h2-6,9-12,14-17,19H,7-8,13,18H2,1H3. The number of halogens is 2. The second-order valence-corrected chi connectivity index (χ2v) is 9.86. The molecule has 4 aromatic rings. The predicted octanol–water partition coefficient (Wildman–Crippen LogP) is 6.96. The molecule has 36 heavy (non-hydrogen) atoms. The van der Waals surface area contributed by atoms with Crippen molar-refractivity contribution in [1.29, 1.82) is 0 Å². The van der Waals surface area contributed by atoms with Crippen LogP contribution in [0.3, 0.4) is 0 Å². The minimum absolute atomic E-state index is 0.00111. The topological polar surface area (TPSA) is 55.2 Å². The Morgan fingerprint density at radius 2 is 1.64 bits per heavy atom. The van der Waals surface area contributed by atoms with Gasteiger partial charge in [0.15, 0.2) is 5.78 Å². The Labute approximate surface area is 220 Å². The Morgan fingerprint density at radius 3 is 2.33 bits per heavy atom. The molecule has 5 rings (SSSR count). The fraction of sp³-hybridized carbons (Fsp3) is 0.207. The van der Waals surface area contributed by atoms with Crippen molar-refractivity contribution in [3.05, 3.63) is 106 Å². The van der Waals surface area contributed by atoms with E-state index < -0.39 is 5.54 Å². The third-order valence-corrected chi connectivity index (χ3v) is 7.51. The summed E-state index contributed by atoms with van der Waals surface area (Å²) in [4.78, 5) is 29.4. The van der Waals surface area contributed by atoms with E-state index in [4.69, 9.17) is 28.3 Å². The average Bonchev–Trinajstić information content (AvgIpc) is 3.35. The van der Waals surface area contributed by atoms with Crippen LogP contribution in [0.15, 0.2) is 85.1 Å². The van der Waals surface area contributed by atoms with Gasteiger partial charge in [0.25, 0.3) is 5.91 Å². The molecule has 1 aliphatic carbocycles. The highest BCUT2D eigenvalue weighted by Crippen LogP contribution is 2.43. The summed E-state index contributed by atoms with van der Waals surface area (Å²) in [5.74, 6) is -0.293. The molecular weight excluding hydrogens is 493 g/mol. The van der Waals surface area contributed by atoms with Crippen molar-refractivity contribution in [3.8, 4) is 16.9 Å². The molecule has 0 radical (unpaired) electrons. The van der Waals surface area contributed by atoms with E-state index in [0.717, 1.165) is 24.1 Å². The zero-order valence-electron chi connectivity index (χ0n) is 19.8. The maximum atomic E-state index is 14.2. The highest BCUT2D eigenvalue weighted by molar-refractivity contribution is 6.32. The summed E-state index contributed by atoms with van der Waals surface area (Å²) in [5.41, 5.74) is 2.02. The van der Waals surface area contributed by atoms with Gasteiger partial charge in [-0.05, 0) is 49.6 Å². The minimum atomic E-state index is -1.14. The second kappa shape index (κ2) is 9.92. The van der Waals surface area contributed by atoms with Crippen molar-refractivity contribution in [2.75, 3.05) is 7.05 Å². The van der Waals surface area contributed by atoms with Crippen LogP contribution in [0.1, 0.15) is 41.6 Å². The average molecular weight is 518 g/mol. The fourth-order valence-electron chi connectivity index (χ4n) is 5.05. The number of hydrogen-bond acceptors (Lipinski definition) is 3. The van der Waals surface area contributed by atoms with Crippen molar-refractivity contribution in [2.45, 2.75) is 31.2 Å². The zero-order chi connectivity index (χ0) is 25.3. The molecule has 0 bridgehead atoms. The second-order valence-electron chi connectivity index (χ2n) is 9.01. The van der Waals surface area contributed by atoms with Crippen molar-refractivity contribution in [3.63, 3.8) is 0 Å². The van der Waals surface area contributed by atoms with Crippen molar-refractivity contribution >= 4 is 34.9 Å². The Morgan fingerprint density at radius 1 is 0.944 bits per heavy atom. The SMILES string of the molecule is CN(C(=O)c1cn(-c2ccccc2)nc1-c1ccc(Cl)cc1)C1(c2ccccc2Cl)CCCCC1=O. The van der Waals surface area contributed by atoms with Crippen LogP contribution in [0.25, 0.3) is 16.9 Å². The van der Waals surface area contributed by atoms with Crippen LogP contribution in [0.2, 0.25) is 10.0 Å². The number of aromatic nitrogens is 2. The number of Topliss-reactive ketones (excluding diaryl/α,β-unsaturated/α-hetero) is 1. The lowest BCUT2D eigenvalue weighted by molar-refractivity contribution is -0.132. The van der Waals surface area contributed by atoms with Gasteiger partial charge < -0.3 is 4.90 Å². The molecule has 0 saturated heterocycles. The van der Waals surface area contributed by atoms with Crippen molar-refractivity contribution < 1.29 is 9.59 Å². The van der Waals surface area contributed by atoms with Crippen molar-refractivity contribution in [2.24, 2.45) is 0 Å². The molecular formula is C29H25Cl2N3O2. The molecule has 1 heterocycles. The van der Waals surface area contributed by atoms with E-state index in [-0.39, 0.29) is 11.7 Å². The lowest BCUT2D eigenvalue weighted by Crippen LogP contribution is -2.54. The molecule has 1 fully saturated rings. The summed E-state index contributed by atoms with van der Waals surface area (Å²) >= 11 is 12.7. The van der Waals surface area contributed by atoms with Crippen molar-refractivity contribution in [1.82, 2.24) is 14.7 Å². The summed E-state index contributed by atoms with van der Waals surface area (Å²) < 4.78 is 1.69. The summed E-state index contributed by atoms with van der Waals surface area (Å²) in [6, 6.07) is 24.1. The van der Waals surface area contributed by atoms with E-state index in [2.05, 4.69) is 0 Å². The first-order valence-electron chi connectivity index (χ1n) is 11.9. The highest BCUT2D eigenvalue weighted by atomic mass is 35.5. The van der Waals surface area contributed by atoms with Gasteiger partial charge in [0, 0.05) is 40.8 Å². The van der Waals surface area contributed by atoms with Crippen LogP contribution in [0.4, 0.5) is 0 Å². The van der Waals surface area contributed by atoms with Gasteiger partial charge in [-0.15, -0.1) is 0 Å². The molecule has 5 nitrogen and oxygen atoms in total. The van der Waals surface area contributed by atoms with Gasteiger partial charge in [-0.2, -0.15) is 5.10 Å². The Kier molecular flexibility index (Phi) is 6.69. The molecule has 1 aliphatic rings. The maximum Gasteiger partial charge on any atom is 0.258 e. The minimum Gasteiger partial charge on any atom is -0.325 e. The fourth-order valence-corrected chi connectivity index (χ4v) is 5.47. The number of amides is 1. The van der Waals surface area contributed by atoms with Gasteiger partial charge in [0.2, 0.25) is 0 Å². The van der Waals surface area contributed by atoms with E-state index >= 15 is 0 Å². The zero-order valence-corrected chi connectivity index (χ0v) is 21.3. The first kappa shape index (κ1) is 24.3. The molecule has 0 N–H and O–H groups in total.